The molecule has 0 heterocycles. The molecule has 0 saturated heterocycles. The highest BCUT2D eigenvalue weighted by Crippen LogP contribution is 2.36. The number of rotatable bonds is 18. The number of methoxy groups -OCH3 is 1. The van der Waals surface area contributed by atoms with Crippen molar-refractivity contribution >= 4 is 5.97 Å². The summed E-state index contributed by atoms with van der Waals surface area (Å²) in [7, 11) is 1.68. The summed E-state index contributed by atoms with van der Waals surface area (Å²) < 4.78 is 16.9. The van der Waals surface area contributed by atoms with Crippen molar-refractivity contribution in [2.45, 2.75) is 84.5 Å². The van der Waals surface area contributed by atoms with Crippen LogP contribution in [0.25, 0.3) is 11.1 Å². The van der Waals surface area contributed by atoms with E-state index >= 15 is 0 Å². The maximum atomic E-state index is 12.9. The number of benzene rings is 3. The third-order valence-electron chi connectivity index (χ3n) is 7.55. The molecule has 4 nitrogen and oxygen atoms in total. The lowest BCUT2D eigenvalue weighted by molar-refractivity contribution is -0.154. The predicted octanol–water partition coefficient (Wildman–Crippen LogP) is 9.62. The van der Waals surface area contributed by atoms with E-state index in [1.807, 2.05) is 38.1 Å². The second kappa shape index (κ2) is 16.7. The number of esters is 1. The zero-order valence-electron chi connectivity index (χ0n) is 25.0. The fourth-order valence-electron chi connectivity index (χ4n) is 5.09. The first-order chi connectivity index (χ1) is 19.4. The molecule has 4 heteroatoms. The molecule has 0 radical (unpaired) electrons. The Labute approximate surface area is 242 Å². The van der Waals surface area contributed by atoms with Crippen molar-refractivity contribution < 1.29 is 19.0 Å². The first kappa shape index (κ1) is 31.3. The molecule has 0 aromatic heterocycles. The third kappa shape index (κ3) is 10.4. The summed E-state index contributed by atoms with van der Waals surface area (Å²) in [5, 5.41) is 0. The van der Waals surface area contributed by atoms with Gasteiger partial charge in [0.1, 0.15) is 11.5 Å². The summed E-state index contributed by atoms with van der Waals surface area (Å²) in [6.07, 6.45) is 9.51. The second-order valence-electron chi connectivity index (χ2n) is 11.3. The van der Waals surface area contributed by atoms with Crippen LogP contribution in [-0.4, -0.2) is 26.3 Å². The van der Waals surface area contributed by atoms with Gasteiger partial charge in [-0.05, 0) is 99.2 Å². The van der Waals surface area contributed by atoms with Gasteiger partial charge in [-0.2, -0.15) is 0 Å². The van der Waals surface area contributed by atoms with Crippen LogP contribution in [0.5, 0.6) is 11.5 Å². The molecular formula is C36H48O4. The first-order valence-electron chi connectivity index (χ1n) is 15.0. The Morgan fingerprint density at radius 3 is 1.93 bits per heavy atom. The van der Waals surface area contributed by atoms with Crippen LogP contribution in [0.3, 0.4) is 0 Å². The van der Waals surface area contributed by atoms with Crippen molar-refractivity contribution in [2.75, 3.05) is 20.3 Å². The number of carbonyl (C=O) groups excluding carboxylic acids is 1. The lowest BCUT2D eigenvalue weighted by Crippen LogP contribution is -2.29. The number of carbonyl (C=O) groups is 1. The van der Waals surface area contributed by atoms with Gasteiger partial charge in [0, 0.05) is 0 Å². The molecule has 1 atom stereocenters. The van der Waals surface area contributed by atoms with Gasteiger partial charge in [0.15, 0.2) is 0 Å². The number of unbranched alkanes of at least 4 members (excludes halogenated alkanes) is 5. The molecule has 40 heavy (non-hydrogen) atoms. The van der Waals surface area contributed by atoms with E-state index in [0.29, 0.717) is 19.1 Å². The van der Waals surface area contributed by atoms with Gasteiger partial charge in [0.25, 0.3) is 0 Å². The van der Waals surface area contributed by atoms with Crippen molar-refractivity contribution in [3.8, 4) is 22.6 Å². The SMILES string of the molecule is CCCCCC(CC(C)(C)C(=O)OCCCCCCOc1ccc(-c2ccc(OC)cc2)cc1)c1ccccc1. The summed E-state index contributed by atoms with van der Waals surface area (Å²) in [6, 6.07) is 26.9. The molecule has 1 unspecified atom stereocenters. The Bertz CT molecular complexity index is 1100. The normalized spacial score (nSPS) is 12.1. The molecule has 0 fully saturated rings. The lowest BCUT2D eigenvalue weighted by atomic mass is 9.78. The van der Waals surface area contributed by atoms with E-state index < -0.39 is 5.41 Å². The summed E-state index contributed by atoms with van der Waals surface area (Å²) >= 11 is 0. The third-order valence-corrected chi connectivity index (χ3v) is 7.55. The maximum Gasteiger partial charge on any atom is 0.311 e. The van der Waals surface area contributed by atoms with Gasteiger partial charge in [-0.3, -0.25) is 4.79 Å². The van der Waals surface area contributed by atoms with E-state index in [4.69, 9.17) is 14.2 Å². The van der Waals surface area contributed by atoms with Crippen molar-refractivity contribution in [1.29, 1.82) is 0 Å². The molecule has 0 aliphatic heterocycles. The van der Waals surface area contributed by atoms with Crippen molar-refractivity contribution in [3.05, 3.63) is 84.4 Å². The van der Waals surface area contributed by atoms with E-state index in [1.165, 1.54) is 24.8 Å². The zero-order valence-corrected chi connectivity index (χ0v) is 25.0. The Morgan fingerprint density at radius 1 is 0.725 bits per heavy atom. The second-order valence-corrected chi connectivity index (χ2v) is 11.3. The topological polar surface area (TPSA) is 44.8 Å². The van der Waals surface area contributed by atoms with E-state index in [2.05, 4.69) is 61.5 Å². The highest BCUT2D eigenvalue weighted by molar-refractivity contribution is 5.76. The molecule has 0 N–H and O–H groups in total. The van der Waals surface area contributed by atoms with Gasteiger partial charge >= 0.3 is 5.97 Å². The van der Waals surface area contributed by atoms with Crippen LogP contribution in [0.4, 0.5) is 0 Å². The molecule has 0 saturated carbocycles. The average molecular weight is 545 g/mol. The molecule has 0 aliphatic carbocycles. The number of ether oxygens (including phenoxy) is 3. The molecule has 0 amide bonds. The summed E-state index contributed by atoms with van der Waals surface area (Å²) in [5.74, 6) is 2.05. The van der Waals surface area contributed by atoms with Crippen LogP contribution in [0, 0.1) is 5.41 Å². The average Bonchev–Trinajstić information content (AvgIpc) is 2.98. The predicted molar refractivity (Wildman–Crippen MR) is 165 cm³/mol. The van der Waals surface area contributed by atoms with Crippen LogP contribution < -0.4 is 9.47 Å². The minimum absolute atomic E-state index is 0.0784. The fourth-order valence-corrected chi connectivity index (χ4v) is 5.09. The maximum absolute atomic E-state index is 12.9. The van der Waals surface area contributed by atoms with E-state index in [-0.39, 0.29) is 5.97 Å². The van der Waals surface area contributed by atoms with E-state index in [1.54, 1.807) is 7.11 Å². The first-order valence-corrected chi connectivity index (χ1v) is 15.0. The molecular weight excluding hydrogens is 496 g/mol. The van der Waals surface area contributed by atoms with Crippen molar-refractivity contribution in [3.63, 3.8) is 0 Å². The zero-order chi connectivity index (χ0) is 28.6. The van der Waals surface area contributed by atoms with Crippen molar-refractivity contribution in [1.82, 2.24) is 0 Å². The minimum Gasteiger partial charge on any atom is -0.497 e. The van der Waals surface area contributed by atoms with E-state index in [0.717, 1.165) is 61.2 Å². The Hall–Kier alpha value is -3.27. The molecule has 0 bridgehead atoms. The summed E-state index contributed by atoms with van der Waals surface area (Å²) in [4.78, 5) is 12.9. The van der Waals surface area contributed by atoms with Crippen LogP contribution in [0.15, 0.2) is 78.9 Å². The van der Waals surface area contributed by atoms with Crippen LogP contribution in [-0.2, 0) is 9.53 Å². The molecule has 0 spiro atoms. The summed E-state index contributed by atoms with van der Waals surface area (Å²) in [5.41, 5.74) is 3.14. The van der Waals surface area contributed by atoms with Crippen molar-refractivity contribution in [2.24, 2.45) is 5.41 Å². The standard InChI is InChI=1S/C36H48O4/c1-5-6-10-17-32(29-15-11-9-12-16-29)28-36(2,3)35(37)40-27-14-8-7-13-26-39-34-24-20-31(21-25-34)30-18-22-33(38-4)23-19-30/h9,11-12,15-16,18-25,32H,5-8,10,13-14,17,26-28H2,1-4H3. The van der Waals surface area contributed by atoms with Gasteiger partial charge in [-0.25, -0.2) is 0 Å². The van der Waals surface area contributed by atoms with Gasteiger partial charge < -0.3 is 14.2 Å². The Balaban J connectivity index is 1.31. The van der Waals surface area contributed by atoms with Gasteiger partial charge in [0.2, 0.25) is 0 Å². The highest BCUT2D eigenvalue weighted by Gasteiger charge is 2.32. The molecule has 216 valence electrons. The van der Waals surface area contributed by atoms with E-state index in [9.17, 15) is 4.79 Å². The summed E-state index contributed by atoms with van der Waals surface area (Å²) in [6.45, 7) is 7.47. The Kier molecular flexibility index (Phi) is 13.1. The molecule has 3 rings (SSSR count). The number of hydrogen-bond acceptors (Lipinski definition) is 4. The largest absolute Gasteiger partial charge is 0.497 e. The smallest absolute Gasteiger partial charge is 0.311 e. The lowest BCUT2D eigenvalue weighted by Gasteiger charge is -2.28. The number of hydrogen-bond donors (Lipinski definition) is 0. The van der Waals surface area contributed by atoms with Crippen LogP contribution in [0.1, 0.15) is 90.0 Å². The van der Waals surface area contributed by atoms with Gasteiger partial charge in [-0.1, -0.05) is 80.8 Å². The molecule has 3 aromatic rings. The Morgan fingerprint density at radius 2 is 1.32 bits per heavy atom. The van der Waals surface area contributed by atoms with Gasteiger partial charge in [0.05, 0.1) is 25.7 Å². The highest BCUT2D eigenvalue weighted by atomic mass is 16.5. The molecule has 0 aliphatic rings. The minimum atomic E-state index is -0.497. The monoisotopic (exact) mass is 544 g/mol. The fraction of sp³-hybridized carbons (Fsp3) is 0.472. The molecule has 3 aromatic carbocycles. The van der Waals surface area contributed by atoms with Crippen LogP contribution >= 0.6 is 0 Å². The van der Waals surface area contributed by atoms with Crippen LogP contribution in [0.2, 0.25) is 0 Å². The quantitative estimate of drug-likeness (QED) is 0.118. The van der Waals surface area contributed by atoms with Gasteiger partial charge in [-0.15, -0.1) is 0 Å².